The van der Waals surface area contributed by atoms with E-state index in [1.807, 2.05) is 24.7 Å². The summed E-state index contributed by atoms with van der Waals surface area (Å²) in [5.74, 6) is 0.944. The van der Waals surface area contributed by atoms with Gasteiger partial charge >= 0.3 is 0 Å². The van der Waals surface area contributed by atoms with Crippen LogP contribution in [-0.2, 0) is 7.05 Å². The average molecular weight is 139 g/mol. The Bertz CT molecular complexity index is 215. The number of nitrogens with zero attached hydrogens (tertiary/aromatic N) is 2. The Balaban J connectivity index is 2.81. The van der Waals surface area contributed by atoms with E-state index in [0.29, 0.717) is 0 Å². The van der Waals surface area contributed by atoms with Crippen LogP contribution in [0.5, 0.6) is 0 Å². The van der Waals surface area contributed by atoms with E-state index in [0.717, 1.165) is 18.2 Å². The average Bonchev–Trinajstić information content (AvgIpc) is 2.13. The number of hydrogen-bond acceptors (Lipinski definition) is 2. The second-order valence-electron chi connectivity index (χ2n) is 2.35. The van der Waals surface area contributed by atoms with E-state index in [4.69, 9.17) is 0 Å². The molecule has 0 amide bonds. The SMILES string of the molecule is CCNc1nc(C)cn1C. The molecule has 10 heavy (non-hydrogen) atoms. The van der Waals surface area contributed by atoms with Gasteiger partial charge < -0.3 is 9.88 Å². The van der Waals surface area contributed by atoms with Gasteiger partial charge in [0.2, 0.25) is 5.95 Å². The Morgan fingerprint density at radius 2 is 2.40 bits per heavy atom. The number of nitrogens with one attached hydrogen (secondary N) is 1. The zero-order valence-corrected chi connectivity index (χ0v) is 6.68. The lowest BCUT2D eigenvalue weighted by molar-refractivity contribution is 0.906. The number of rotatable bonds is 2. The van der Waals surface area contributed by atoms with Crippen molar-refractivity contribution in [2.45, 2.75) is 13.8 Å². The first kappa shape index (κ1) is 7.12. The molecule has 1 rings (SSSR count). The lowest BCUT2D eigenvalue weighted by Crippen LogP contribution is -2.02. The molecule has 3 nitrogen and oxygen atoms in total. The third-order valence-electron chi connectivity index (χ3n) is 1.33. The maximum atomic E-state index is 4.25. The highest BCUT2D eigenvalue weighted by Crippen LogP contribution is 2.03. The van der Waals surface area contributed by atoms with Gasteiger partial charge in [-0.2, -0.15) is 0 Å². The van der Waals surface area contributed by atoms with Gasteiger partial charge in [-0.05, 0) is 13.8 Å². The Kier molecular flexibility index (Phi) is 1.94. The van der Waals surface area contributed by atoms with E-state index in [1.165, 1.54) is 0 Å². The fourth-order valence-corrected chi connectivity index (χ4v) is 0.939. The number of hydrogen-bond donors (Lipinski definition) is 1. The standard InChI is InChI=1S/C7H13N3/c1-4-8-7-9-6(2)5-10(7)3/h5H,4H2,1-3H3,(H,8,9). The van der Waals surface area contributed by atoms with E-state index < -0.39 is 0 Å². The molecular weight excluding hydrogens is 126 g/mol. The molecule has 0 fully saturated rings. The van der Waals surface area contributed by atoms with Crippen LogP contribution in [0.2, 0.25) is 0 Å². The molecule has 0 spiro atoms. The first-order valence-electron chi connectivity index (χ1n) is 3.48. The van der Waals surface area contributed by atoms with Crippen molar-refractivity contribution in [3.05, 3.63) is 11.9 Å². The second kappa shape index (κ2) is 2.73. The summed E-state index contributed by atoms with van der Waals surface area (Å²) in [4.78, 5) is 4.25. The van der Waals surface area contributed by atoms with Gasteiger partial charge in [0.15, 0.2) is 0 Å². The molecule has 0 aliphatic carbocycles. The van der Waals surface area contributed by atoms with Crippen LogP contribution in [-0.4, -0.2) is 16.1 Å². The molecule has 0 bridgehead atoms. The van der Waals surface area contributed by atoms with Crippen molar-refractivity contribution in [2.24, 2.45) is 7.05 Å². The van der Waals surface area contributed by atoms with Gasteiger partial charge in [0, 0.05) is 19.8 Å². The summed E-state index contributed by atoms with van der Waals surface area (Å²) in [7, 11) is 1.98. The van der Waals surface area contributed by atoms with Crippen LogP contribution in [0.4, 0.5) is 5.95 Å². The van der Waals surface area contributed by atoms with Crippen molar-refractivity contribution < 1.29 is 0 Å². The summed E-state index contributed by atoms with van der Waals surface area (Å²) >= 11 is 0. The summed E-state index contributed by atoms with van der Waals surface area (Å²) in [5, 5.41) is 3.15. The first-order valence-corrected chi connectivity index (χ1v) is 3.48. The lowest BCUT2D eigenvalue weighted by atomic mass is 10.6. The number of anilines is 1. The molecule has 56 valence electrons. The Labute approximate surface area is 61.1 Å². The molecule has 1 aromatic rings. The topological polar surface area (TPSA) is 29.9 Å². The van der Waals surface area contributed by atoms with Crippen molar-refractivity contribution in [1.29, 1.82) is 0 Å². The molecule has 1 N–H and O–H groups in total. The number of imidazole rings is 1. The van der Waals surface area contributed by atoms with Gasteiger partial charge in [0.1, 0.15) is 0 Å². The molecule has 0 radical (unpaired) electrons. The summed E-state index contributed by atoms with van der Waals surface area (Å²) < 4.78 is 1.98. The van der Waals surface area contributed by atoms with E-state index in [2.05, 4.69) is 17.2 Å². The second-order valence-corrected chi connectivity index (χ2v) is 2.35. The maximum absolute atomic E-state index is 4.25. The maximum Gasteiger partial charge on any atom is 0.202 e. The van der Waals surface area contributed by atoms with Crippen LogP contribution in [0, 0.1) is 6.92 Å². The van der Waals surface area contributed by atoms with Crippen molar-refractivity contribution >= 4 is 5.95 Å². The molecule has 3 heteroatoms. The van der Waals surface area contributed by atoms with Crippen LogP contribution in [0.3, 0.4) is 0 Å². The van der Waals surface area contributed by atoms with Crippen molar-refractivity contribution in [1.82, 2.24) is 9.55 Å². The lowest BCUT2D eigenvalue weighted by Gasteiger charge is -1.99. The summed E-state index contributed by atoms with van der Waals surface area (Å²) in [6.07, 6.45) is 2.00. The fraction of sp³-hybridized carbons (Fsp3) is 0.571. The van der Waals surface area contributed by atoms with Gasteiger partial charge in [-0.3, -0.25) is 0 Å². The highest BCUT2D eigenvalue weighted by atomic mass is 15.2. The minimum Gasteiger partial charge on any atom is -0.356 e. The highest BCUT2D eigenvalue weighted by Gasteiger charge is 1.97. The summed E-state index contributed by atoms with van der Waals surface area (Å²) in [6, 6.07) is 0. The molecule has 1 aromatic heterocycles. The predicted molar refractivity (Wildman–Crippen MR) is 42.1 cm³/mol. The van der Waals surface area contributed by atoms with Crippen LogP contribution >= 0.6 is 0 Å². The molecule has 0 saturated carbocycles. The van der Waals surface area contributed by atoms with Gasteiger partial charge in [-0.25, -0.2) is 4.98 Å². The normalized spacial score (nSPS) is 9.90. The monoisotopic (exact) mass is 139 g/mol. The Hall–Kier alpha value is -0.990. The summed E-state index contributed by atoms with van der Waals surface area (Å²) in [6.45, 7) is 4.97. The predicted octanol–water partition coefficient (Wildman–Crippen LogP) is 1.16. The van der Waals surface area contributed by atoms with Crippen molar-refractivity contribution in [3.8, 4) is 0 Å². The van der Waals surface area contributed by atoms with Gasteiger partial charge in [0.25, 0.3) is 0 Å². The van der Waals surface area contributed by atoms with Gasteiger partial charge in [-0.1, -0.05) is 0 Å². The first-order chi connectivity index (χ1) is 4.74. The zero-order valence-electron chi connectivity index (χ0n) is 6.68. The van der Waals surface area contributed by atoms with Crippen LogP contribution in [0.25, 0.3) is 0 Å². The summed E-state index contributed by atoms with van der Waals surface area (Å²) in [5.41, 5.74) is 1.05. The van der Waals surface area contributed by atoms with E-state index in [1.54, 1.807) is 0 Å². The van der Waals surface area contributed by atoms with E-state index in [9.17, 15) is 0 Å². The minimum atomic E-state index is 0.921. The third kappa shape index (κ3) is 1.29. The molecule has 0 saturated heterocycles. The molecule has 0 aromatic carbocycles. The molecule has 0 atom stereocenters. The number of aryl methyl sites for hydroxylation is 2. The van der Waals surface area contributed by atoms with Crippen LogP contribution in [0.15, 0.2) is 6.20 Å². The van der Waals surface area contributed by atoms with Crippen molar-refractivity contribution in [2.75, 3.05) is 11.9 Å². The van der Waals surface area contributed by atoms with Gasteiger partial charge in [-0.15, -0.1) is 0 Å². The fourth-order valence-electron chi connectivity index (χ4n) is 0.939. The minimum absolute atomic E-state index is 0.921. The molecule has 0 unspecified atom stereocenters. The Morgan fingerprint density at radius 3 is 2.80 bits per heavy atom. The third-order valence-corrected chi connectivity index (χ3v) is 1.33. The molecular formula is C7H13N3. The molecule has 1 heterocycles. The van der Waals surface area contributed by atoms with Crippen LogP contribution in [0.1, 0.15) is 12.6 Å². The highest BCUT2D eigenvalue weighted by molar-refractivity contribution is 5.27. The van der Waals surface area contributed by atoms with E-state index >= 15 is 0 Å². The Morgan fingerprint density at radius 1 is 1.70 bits per heavy atom. The quantitative estimate of drug-likeness (QED) is 0.666. The van der Waals surface area contributed by atoms with E-state index in [-0.39, 0.29) is 0 Å². The smallest absolute Gasteiger partial charge is 0.202 e. The molecule has 0 aliphatic rings. The van der Waals surface area contributed by atoms with Crippen molar-refractivity contribution in [3.63, 3.8) is 0 Å². The van der Waals surface area contributed by atoms with Crippen LogP contribution < -0.4 is 5.32 Å². The largest absolute Gasteiger partial charge is 0.356 e. The number of aromatic nitrogens is 2. The zero-order chi connectivity index (χ0) is 7.56. The molecule has 0 aliphatic heterocycles. The van der Waals surface area contributed by atoms with Gasteiger partial charge in [0.05, 0.1) is 5.69 Å².